The molecule has 2 aromatic rings. The predicted octanol–water partition coefficient (Wildman–Crippen LogP) is 3.83. The molecule has 0 aliphatic heterocycles. The molecular formula is C13H10F2N2OS. The lowest BCUT2D eigenvalue weighted by molar-refractivity contribution is -0.0498. The second-order valence-corrected chi connectivity index (χ2v) is 4.80. The third kappa shape index (κ3) is 3.93. The van der Waals surface area contributed by atoms with Crippen LogP contribution in [0.1, 0.15) is 9.75 Å². The second kappa shape index (κ2) is 6.16. The number of thiophene rings is 1. The molecule has 6 heteroatoms. The molecule has 0 unspecified atom stereocenters. The summed E-state index contributed by atoms with van der Waals surface area (Å²) in [5.74, 6) is 0.128. The van der Waals surface area contributed by atoms with E-state index in [9.17, 15) is 8.78 Å². The third-order valence-electron chi connectivity index (χ3n) is 2.32. The van der Waals surface area contributed by atoms with Gasteiger partial charge in [-0.1, -0.05) is 0 Å². The average Bonchev–Trinajstić information content (AvgIpc) is 2.85. The lowest BCUT2D eigenvalue weighted by atomic mass is 10.3. The van der Waals surface area contributed by atoms with Crippen molar-refractivity contribution in [1.82, 2.24) is 0 Å². The molecule has 1 aromatic heterocycles. The van der Waals surface area contributed by atoms with Crippen LogP contribution in [0.15, 0.2) is 36.4 Å². The van der Waals surface area contributed by atoms with Gasteiger partial charge in [-0.25, -0.2) is 0 Å². The third-order valence-corrected chi connectivity index (χ3v) is 3.31. The monoisotopic (exact) mass is 280 g/mol. The van der Waals surface area contributed by atoms with E-state index in [1.807, 2.05) is 6.07 Å². The molecule has 19 heavy (non-hydrogen) atoms. The van der Waals surface area contributed by atoms with Gasteiger partial charge in [0, 0.05) is 17.1 Å². The minimum absolute atomic E-state index is 0.128. The minimum atomic E-state index is -2.81. The summed E-state index contributed by atoms with van der Waals surface area (Å²) in [7, 11) is 0. The molecule has 1 aromatic carbocycles. The lowest BCUT2D eigenvalue weighted by Gasteiger charge is -2.07. The fourth-order valence-corrected chi connectivity index (χ4v) is 2.22. The van der Waals surface area contributed by atoms with Gasteiger partial charge in [-0.05, 0) is 36.4 Å². The van der Waals surface area contributed by atoms with E-state index < -0.39 is 6.61 Å². The number of nitrogens with zero attached hydrogens (tertiary/aromatic N) is 1. The molecule has 2 rings (SSSR count). The maximum atomic E-state index is 12.0. The van der Waals surface area contributed by atoms with Crippen molar-refractivity contribution in [3.05, 3.63) is 46.2 Å². The molecule has 0 saturated heterocycles. The zero-order valence-electron chi connectivity index (χ0n) is 9.77. The molecular weight excluding hydrogens is 270 g/mol. The van der Waals surface area contributed by atoms with Crippen molar-refractivity contribution in [3.63, 3.8) is 0 Å². The first kappa shape index (κ1) is 13.3. The first-order chi connectivity index (χ1) is 9.17. The van der Waals surface area contributed by atoms with Crippen LogP contribution >= 0.6 is 11.3 Å². The van der Waals surface area contributed by atoms with E-state index in [1.165, 1.54) is 23.5 Å². The molecule has 0 aliphatic rings. The summed E-state index contributed by atoms with van der Waals surface area (Å²) in [6.45, 7) is -2.23. The molecule has 1 heterocycles. The molecule has 0 spiro atoms. The maximum absolute atomic E-state index is 12.0. The second-order valence-electron chi connectivity index (χ2n) is 3.63. The Morgan fingerprint density at radius 1 is 1.21 bits per heavy atom. The Hall–Kier alpha value is -2.13. The van der Waals surface area contributed by atoms with Gasteiger partial charge in [0.1, 0.15) is 16.7 Å². The van der Waals surface area contributed by atoms with Crippen LogP contribution in [0.2, 0.25) is 0 Å². The largest absolute Gasteiger partial charge is 0.435 e. The standard InChI is InChI=1S/C13H10F2N2OS/c14-13(15)18-10-3-1-9(2-4-10)17-8-12-6-5-11(7-16)19-12/h1-6,13,17H,8H2. The van der Waals surface area contributed by atoms with Crippen LogP contribution in [0.25, 0.3) is 0 Å². The number of halogens is 2. The summed E-state index contributed by atoms with van der Waals surface area (Å²) in [4.78, 5) is 1.70. The maximum Gasteiger partial charge on any atom is 0.387 e. The number of nitriles is 1. The van der Waals surface area contributed by atoms with Gasteiger partial charge in [-0.3, -0.25) is 0 Å². The molecule has 1 N–H and O–H groups in total. The number of hydrogen-bond acceptors (Lipinski definition) is 4. The Morgan fingerprint density at radius 2 is 1.95 bits per heavy atom. The molecule has 0 fully saturated rings. The molecule has 0 aliphatic carbocycles. The SMILES string of the molecule is N#Cc1ccc(CNc2ccc(OC(F)F)cc2)s1. The topological polar surface area (TPSA) is 45.0 Å². The van der Waals surface area contributed by atoms with Crippen LogP contribution in [0.5, 0.6) is 5.75 Å². The van der Waals surface area contributed by atoms with Crippen molar-refractivity contribution in [1.29, 1.82) is 5.26 Å². The van der Waals surface area contributed by atoms with E-state index in [4.69, 9.17) is 5.26 Å². The number of benzene rings is 1. The van der Waals surface area contributed by atoms with Gasteiger partial charge in [-0.15, -0.1) is 11.3 Å². The van der Waals surface area contributed by atoms with E-state index in [1.54, 1.807) is 18.2 Å². The van der Waals surface area contributed by atoms with Crippen LogP contribution in [-0.2, 0) is 6.54 Å². The van der Waals surface area contributed by atoms with Crippen molar-refractivity contribution in [2.45, 2.75) is 13.2 Å². The van der Waals surface area contributed by atoms with E-state index in [2.05, 4.69) is 16.1 Å². The predicted molar refractivity (Wildman–Crippen MR) is 69.4 cm³/mol. The van der Waals surface area contributed by atoms with Gasteiger partial charge in [-0.2, -0.15) is 14.0 Å². The van der Waals surface area contributed by atoms with E-state index in [0.717, 1.165) is 10.6 Å². The van der Waals surface area contributed by atoms with Crippen LogP contribution in [0.3, 0.4) is 0 Å². The van der Waals surface area contributed by atoms with Crippen LogP contribution in [-0.4, -0.2) is 6.61 Å². The summed E-state index contributed by atoms with van der Waals surface area (Å²) in [6.07, 6.45) is 0. The molecule has 98 valence electrons. The summed E-state index contributed by atoms with van der Waals surface area (Å²) in [5, 5.41) is 11.8. The number of anilines is 1. The first-order valence-corrected chi connectivity index (χ1v) is 6.26. The zero-order valence-corrected chi connectivity index (χ0v) is 10.6. The minimum Gasteiger partial charge on any atom is -0.435 e. The Kier molecular flexibility index (Phi) is 4.31. The average molecular weight is 280 g/mol. The van der Waals surface area contributed by atoms with Gasteiger partial charge in [0.05, 0.1) is 0 Å². The van der Waals surface area contributed by atoms with Crippen molar-refractivity contribution in [2.75, 3.05) is 5.32 Å². The van der Waals surface area contributed by atoms with Gasteiger partial charge < -0.3 is 10.1 Å². The highest BCUT2D eigenvalue weighted by molar-refractivity contribution is 7.12. The smallest absolute Gasteiger partial charge is 0.387 e. The highest BCUT2D eigenvalue weighted by Gasteiger charge is 2.04. The zero-order chi connectivity index (χ0) is 13.7. The van der Waals surface area contributed by atoms with Crippen molar-refractivity contribution < 1.29 is 13.5 Å². The normalized spacial score (nSPS) is 10.2. The van der Waals surface area contributed by atoms with E-state index in [-0.39, 0.29) is 5.75 Å². The number of alkyl halides is 2. The first-order valence-electron chi connectivity index (χ1n) is 5.45. The van der Waals surface area contributed by atoms with Crippen molar-refractivity contribution in [3.8, 4) is 11.8 Å². The van der Waals surface area contributed by atoms with Crippen LogP contribution in [0, 0.1) is 11.3 Å². The van der Waals surface area contributed by atoms with Crippen LogP contribution in [0.4, 0.5) is 14.5 Å². The van der Waals surface area contributed by atoms with Crippen molar-refractivity contribution >= 4 is 17.0 Å². The summed E-state index contributed by atoms with van der Waals surface area (Å²) >= 11 is 1.42. The van der Waals surface area contributed by atoms with Gasteiger partial charge in [0.15, 0.2) is 0 Å². The lowest BCUT2D eigenvalue weighted by Crippen LogP contribution is -2.02. The molecule has 0 radical (unpaired) electrons. The molecule has 0 amide bonds. The Morgan fingerprint density at radius 3 is 2.53 bits per heavy atom. The number of rotatable bonds is 5. The van der Waals surface area contributed by atoms with E-state index in [0.29, 0.717) is 11.4 Å². The fourth-order valence-electron chi connectivity index (χ4n) is 1.48. The quantitative estimate of drug-likeness (QED) is 0.905. The Balaban J connectivity index is 1.91. The van der Waals surface area contributed by atoms with Gasteiger partial charge in [0.2, 0.25) is 0 Å². The fraction of sp³-hybridized carbons (Fsp3) is 0.154. The summed E-state index contributed by atoms with van der Waals surface area (Å²) in [6, 6.07) is 12.0. The van der Waals surface area contributed by atoms with Crippen LogP contribution < -0.4 is 10.1 Å². The van der Waals surface area contributed by atoms with E-state index >= 15 is 0 Å². The number of ether oxygens (including phenoxy) is 1. The highest BCUT2D eigenvalue weighted by atomic mass is 32.1. The summed E-state index contributed by atoms with van der Waals surface area (Å²) in [5.41, 5.74) is 0.800. The van der Waals surface area contributed by atoms with Gasteiger partial charge in [0.25, 0.3) is 0 Å². The molecule has 0 saturated carbocycles. The number of nitrogens with one attached hydrogen (secondary N) is 1. The Labute approximate surface area is 113 Å². The Bertz CT molecular complexity index is 575. The summed E-state index contributed by atoms with van der Waals surface area (Å²) < 4.78 is 28.2. The molecule has 0 atom stereocenters. The highest BCUT2D eigenvalue weighted by Crippen LogP contribution is 2.20. The van der Waals surface area contributed by atoms with Crippen molar-refractivity contribution in [2.24, 2.45) is 0 Å². The molecule has 0 bridgehead atoms. The number of hydrogen-bond donors (Lipinski definition) is 1. The van der Waals surface area contributed by atoms with Gasteiger partial charge >= 0.3 is 6.61 Å². The molecule has 3 nitrogen and oxygen atoms in total.